The predicted octanol–water partition coefficient (Wildman–Crippen LogP) is 6.00. The number of aromatic carboxylic acids is 1. The van der Waals surface area contributed by atoms with Gasteiger partial charge in [0.05, 0.1) is 12.4 Å². The summed E-state index contributed by atoms with van der Waals surface area (Å²) in [6.45, 7) is 1.33. The van der Waals surface area contributed by atoms with E-state index in [1.807, 2.05) is 54.6 Å². The molecule has 1 amide bonds. The van der Waals surface area contributed by atoms with Crippen molar-refractivity contribution in [1.29, 1.82) is 0 Å². The van der Waals surface area contributed by atoms with E-state index >= 15 is 0 Å². The first-order chi connectivity index (χ1) is 24.5. The van der Waals surface area contributed by atoms with E-state index < -0.39 is 5.97 Å². The van der Waals surface area contributed by atoms with E-state index in [1.54, 1.807) is 27.7 Å². The zero-order valence-corrected chi connectivity index (χ0v) is 29.3. The molecule has 0 saturated heterocycles. The number of nitrogens with zero attached hydrogens (tertiary/aromatic N) is 10. The first-order valence-corrected chi connectivity index (χ1v) is 18.2. The Morgan fingerprint density at radius 2 is 1.18 bits per heavy atom. The van der Waals surface area contributed by atoms with Crippen LogP contribution in [-0.4, -0.2) is 67.4 Å². The highest BCUT2D eigenvalue weighted by atomic mass is 32.2. The van der Waals surface area contributed by atoms with Gasteiger partial charge in [0.1, 0.15) is 9.88 Å². The lowest BCUT2D eigenvalue weighted by Crippen LogP contribution is -2.10. The number of rotatable bonds is 13. The number of carbonyl (C=O) groups excluding carboxylic acids is 1. The number of nitrogens with one attached hydrogen (secondary N) is 1. The molecule has 7 aromatic rings. The van der Waals surface area contributed by atoms with Gasteiger partial charge in [-0.25, -0.2) is 24.1 Å². The summed E-state index contributed by atoms with van der Waals surface area (Å²) < 4.78 is 4.83. The van der Waals surface area contributed by atoms with Gasteiger partial charge in [0.25, 0.3) is 5.91 Å². The third-order valence-corrected chi connectivity index (χ3v) is 10.7. The van der Waals surface area contributed by atoms with Crippen LogP contribution in [0.1, 0.15) is 31.2 Å². The van der Waals surface area contributed by atoms with Gasteiger partial charge >= 0.3 is 5.97 Å². The highest BCUT2D eigenvalue weighted by Gasteiger charge is 2.15. The molecule has 4 aromatic heterocycles. The molecule has 50 heavy (non-hydrogen) atoms. The summed E-state index contributed by atoms with van der Waals surface area (Å²) in [5, 5.41) is 37.2. The molecule has 0 unspecified atom stereocenters. The summed E-state index contributed by atoms with van der Waals surface area (Å²) in [6, 6.07) is 29.4. The fourth-order valence-corrected chi connectivity index (χ4v) is 7.77. The van der Waals surface area contributed by atoms with Crippen molar-refractivity contribution in [1.82, 2.24) is 50.4 Å². The maximum atomic E-state index is 12.2. The SMILES string of the molecule is O=C(Nc1cnc(Sc2nnnn2CCc2ccccc2)s1)c1ccccc1.O=C(O)c1cnc(Sc2nnnn2CCc2ccccc2)s1. The van der Waals surface area contributed by atoms with E-state index in [4.69, 9.17) is 5.11 Å². The second kappa shape index (κ2) is 17.4. The van der Waals surface area contributed by atoms with E-state index in [0.29, 0.717) is 38.3 Å². The molecule has 0 radical (unpaired) electrons. The molecule has 4 heterocycles. The summed E-state index contributed by atoms with van der Waals surface area (Å²) in [7, 11) is 0. The highest BCUT2D eigenvalue weighted by molar-refractivity contribution is 8.01. The second-order valence-corrected chi connectivity index (χ2v) is 14.6. The Kier molecular flexibility index (Phi) is 12.0. The second-order valence-electron chi connectivity index (χ2n) is 10.2. The monoisotopic (exact) mass is 741 g/mol. The maximum Gasteiger partial charge on any atom is 0.347 e. The van der Waals surface area contributed by atoms with Crippen molar-refractivity contribution >= 4 is 63.1 Å². The molecule has 0 atom stereocenters. The molecule has 0 spiro atoms. The molecule has 252 valence electrons. The molecular weight excluding hydrogens is 715 g/mol. The average molecular weight is 742 g/mol. The lowest BCUT2D eigenvalue weighted by molar-refractivity contribution is 0.0701. The molecule has 0 aliphatic rings. The van der Waals surface area contributed by atoms with Gasteiger partial charge in [-0.1, -0.05) is 90.2 Å². The third-order valence-electron chi connectivity index (χ3n) is 6.72. The van der Waals surface area contributed by atoms with Crippen LogP contribution in [0.2, 0.25) is 0 Å². The molecular formula is C32H27N11O3S4. The van der Waals surface area contributed by atoms with Gasteiger partial charge in [-0.3, -0.25) is 4.79 Å². The Hall–Kier alpha value is -5.30. The highest BCUT2D eigenvalue weighted by Crippen LogP contribution is 2.32. The number of tetrazole rings is 2. The molecule has 14 nitrogen and oxygen atoms in total. The normalized spacial score (nSPS) is 10.7. The van der Waals surface area contributed by atoms with E-state index in [9.17, 15) is 9.59 Å². The minimum Gasteiger partial charge on any atom is -0.477 e. The van der Waals surface area contributed by atoms with Crippen molar-refractivity contribution in [2.45, 2.75) is 44.9 Å². The number of amides is 1. The van der Waals surface area contributed by atoms with Crippen LogP contribution < -0.4 is 5.32 Å². The zero-order chi connectivity index (χ0) is 34.5. The lowest BCUT2D eigenvalue weighted by Gasteiger charge is -2.03. The summed E-state index contributed by atoms with van der Waals surface area (Å²) in [5.41, 5.74) is 3.04. The molecule has 3 aromatic carbocycles. The Labute approximate surface area is 302 Å². The number of hydrogen-bond acceptors (Lipinski definition) is 14. The number of aromatic nitrogens is 10. The number of carboxylic acids is 1. The third kappa shape index (κ3) is 9.88. The minimum absolute atomic E-state index is 0.159. The summed E-state index contributed by atoms with van der Waals surface area (Å²) in [6.07, 6.45) is 4.65. The van der Waals surface area contributed by atoms with Crippen molar-refractivity contribution in [2.24, 2.45) is 0 Å². The van der Waals surface area contributed by atoms with Crippen LogP contribution in [0.25, 0.3) is 0 Å². The standard InChI is InChI=1S/C19H16N6OS2.C13H11N5O2S2/c26-17(15-9-5-2-6-10-15)21-16-13-20-19(27-16)28-18-22-23-24-25(18)12-11-14-7-3-1-4-8-14;19-11(20)10-8-14-13(21-10)22-12-15-16-17-18(12)7-6-9-4-2-1-3-5-9/h1-10,13H,11-12H2,(H,21,26);1-5,8H,6-7H2,(H,19,20). The average Bonchev–Trinajstić information content (AvgIpc) is 3.98. The number of carboxylic acid groups (broad SMARTS) is 1. The molecule has 2 N–H and O–H groups in total. The smallest absolute Gasteiger partial charge is 0.347 e. The van der Waals surface area contributed by atoms with Crippen molar-refractivity contribution in [3.05, 3.63) is 125 Å². The Morgan fingerprint density at radius 1 is 0.680 bits per heavy atom. The molecule has 0 aliphatic carbocycles. The Bertz CT molecular complexity index is 2120. The summed E-state index contributed by atoms with van der Waals surface area (Å²) in [5.74, 6) is -1.14. The van der Waals surface area contributed by atoms with E-state index in [0.717, 1.165) is 28.5 Å². The van der Waals surface area contributed by atoms with Crippen LogP contribution >= 0.6 is 46.2 Å². The number of aryl methyl sites for hydroxylation is 4. The zero-order valence-electron chi connectivity index (χ0n) is 26.0. The van der Waals surface area contributed by atoms with Gasteiger partial charge in [-0.15, -0.1) is 21.5 Å². The summed E-state index contributed by atoms with van der Waals surface area (Å²) >= 11 is 5.14. The van der Waals surface area contributed by atoms with Crippen LogP contribution in [-0.2, 0) is 25.9 Å². The van der Waals surface area contributed by atoms with Crippen LogP contribution in [0.15, 0.2) is 122 Å². The number of anilines is 1. The maximum absolute atomic E-state index is 12.2. The first-order valence-electron chi connectivity index (χ1n) is 15.0. The fourth-order valence-electron chi connectivity index (χ4n) is 4.28. The number of hydrogen-bond donors (Lipinski definition) is 2. The fraction of sp³-hybridized carbons (Fsp3) is 0.125. The molecule has 7 rings (SSSR count). The minimum atomic E-state index is -0.979. The number of benzene rings is 3. The van der Waals surface area contributed by atoms with Crippen molar-refractivity contribution in [3.8, 4) is 0 Å². The van der Waals surface area contributed by atoms with Gasteiger partial charge in [0, 0.05) is 18.7 Å². The van der Waals surface area contributed by atoms with Crippen LogP contribution in [0.3, 0.4) is 0 Å². The van der Waals surface area contributed by atoms with Gasteiger partial charge in [-0.2, -0.15) is 0 Å². The van der Waals surface area contributed by atoms with Crippen molar-refractivity contribution < 1.29 is 14.7 Å². The van der Waals surface area contributed by atoms with Crippen LogP contribution in [0.5, 0.6) is 0 Å². The Balaban J connectivity index is 0.000000178. The quantitative estimate of drug-likeness (QED) is 0.141. The van der Waals surface area contributed by atoms with E-state index in [1.165, 1.54) is 52.2 Å². The van der Waals surface area contributed by atoms with Crippen molar-refractivity contribution in [3.63, 3.8) is 0 Å². The molecule has 0 saturated carbocycles. The van der Waals surface area contributed by atoms with Gasteiger partial charge in [0.15, 0.2) is 8.68 Å². The summed E-state index contributed by atoms with van der Waals surface area (Å²) in [4.78, 5) is 31.7. The molecule has 18 heteroatoms. The van der Waals surface area contributed by atoms with Crippen molar-refractivity contribution in [2.75, 3.05) is 5.32 Å². The molecule has 0 bridgehead atoms. The largest absolute Gasteiger partial charge is 0.477 e. The lowest BCUT2D eigenvalue weighted by atomic mass is 10.2. The topological polar surface area (TPSA) is 179 Å². The number of carbonyl (C=O) groups is 2. The predicted molar refractivity (Wildman–Crippen MR) is 190 cm³/mol. The molecule has 0 aliphatic heterocycles. The van der Waals surface area contributed by atoms with E-state index in [-0.39, 0.29) is 10.8 Å². The van der Waals surface area contributed by atoms with Gasteiger partial charge < -0.3 is 10.4 Å². The van der Waals surface area contributed by atoms with Gasteiger partial charge in [-0.05, 0) is 80.5 Å². The van der Waals surface area contributed by atoms with Gasteiger partial charge in [0.2, 0.25) is 10.3 Å². The van der Waals surface area contributed by atoms with Crippen LogP contribution in [0.4, 0.5) is 5.00 Å². The number of thiazole rings is 2. The van der Waals surface area contributed by atoms with E-state index in [2.05, 4.69) is 70.6 Å². The van der Waals surface area contributed by atoms with Crippen LogP contribution in [0, 0.1) is 0 Å². The Morgan fingerprint density at radius 3 is 1.70 bits per heavy atom. The first kappa shape index (κ1) is 34.6. The molecule has 0 fully saturated rings.